The quantitative estimate of drug-likeness (QED) is 0.0481. The van der Waals surface area contributed by atoms with Gasteiger partial charge in [0.2, 0.25) is 0 Å². The van der Waals surface area contributed by atoms with Crippen molar-refractivity contribution in [3.05, 3.63) is 17.4 Å². The first-order valence-corrected chi connectivity index (χ1v) is 18.0. The molecule has 0 aliphatic carbocycles. The number of carbonyl (C=O) groups is 3. The van der Waals surface area contributed by atoms with Crippen LogP contribution in [0.15, 0.2) is 10.5 Å². The zero-order chi connectivity index (χ0) is 32.3. The van der Waals surface area contributed by atoms with Crippen molar-refractivity contribution in [3.63, 3.8) is 0 Å². The Bertz CT molecular complexity index is 877. The molecule has 0 bridgehead atoms. The second-order valence-corrected chi connectivity index (χ2v) is 12.8. The first-order valence-electron chi connectivity index (χ1n) is 18.0. The fourth-order valence-electron chi connectivity index (χ4n) is 5.43. The SMILES string of the molecule is CCCCCCCCCCCCCC(=O)Oc1cc(C(=O)CCCCCCCCCCCCC)c(COC(=O)CN(C)C)o1. The second kappa shape index (κ2) is 27.2. The van der Waals surface area contributed by atoms with E-state index in [0.29, 0.717) is 18.4 Å². The van der Waals surface area contributed by atoms with Crippen molar-refractivity contribution in [2.45, 2.75) is 175 Å². The lowest BCUT2D eigenvalue weighted by molar-refractivity contribution is -0.146. The lowest BCUT2D eigenvalue weighted by Crippen LogP contribution is -2.23. The van der Waals surface area contributed by atoms with E-state index >= 15 is 0 Å². The van der Waals surface area contributed by atoms with Crippen LogP contribution in [0, 0.1) is 0 Å². The van der Waals surface area contributed by atoms with Crippen LogP contribution in [-0.4, -0.2) is 43.3 Å². The van der Waals surface area contributed by atoms with Crippen LogP contribution in [0.5, 0.6) is 5.95 Å². The molecule has 0 spiro atoms. The minimum atomic E-state index is -0.412. The van der Waals surface area contributed by atoms with E-state index in [1.54, 1.807) is 19.0 Å². The third kappa shape index (κ3) is 21.5. The normalized spacial score (nSPS) is 11.3. The fraction of sp³-hybridized carbons (Fsp3) is 0.811. The first kappa shape index (κ1) is 39.9. The van der Waals surface area contributed by atoms with Gasteiger partial charge in [-0.05, 0) is 26.9 Å². The monoisotopic (exact) mass is 619 g/mol. The molecule has 0 amide bonds. The van der Waals surface area contributed by atoms with E-state index in [1.807, 2.05) is 0 Å². The molecule has 1 heterocycles. The molecule has 1 aromatic heterocycles. The summed E-state index contributed by atoms with van der Waals surface area (Å²) in [4.78, 5) is 39.4. The van der Waals surface area contributed by atoms with E-state index in [-0.39, 0.29) is 36.6 Å². The molecule has 0 saturated carbocycles. The van der Waals surface area contributed by atoms with Gasteiger partial charge in [-0.1, -0.05) is 142 Å². The molecule has 254 valence electrons. The number of rotatable bonds is 30. The highest BCUT2D eigenvalue weighted by Gasteiger charge is 2.21. The van der Waals surface area contributed by atoms with Gasteiger partial charge in [0.25, 0.3) is 5.95 Å². The number of furan rings is 1. The number of ether oxygens (including phenoxy) is 2. The summed E-state index contributed by atoms with van der Waals surface area (Å²) < 4.78 is 16.5. The van der Waals surface area contributed by atoms with Gasteiger partial charge in [-0.25, -0.2) is 0 Å². The highest BCUT2D eigenvalue weighted by Crippen LogP contribution is 2.26. The van der Waals surface area contributed by atoms with Gasteiger partial charge in [0.1, 0.15) is 6.61 Å². The predicted molar refractivity (Wildman–Crippen MR) is 179 cm³/mol. The summed E-state index contributed by atoms with van der Waals surface area (Å²) in [6, 6.07) is 1.49. The molecule has 0 aromatic carbocycles. The van der Waals surface area contributed by atoms with Crippen molar-refractivity contribution in [1.82, 2.24) is 4.90 Å². The summed E-state index contributed by atoms with van der Waals surface area (Å²) in [5, 5.41) is 0. The van der Waals surface area contributed by atoms with Gasteiger partial charge < -0.3 is 13.9 Å². The van der Waals surface area contributed by atoms with Crippen molar-refractivity contribution in [2.75, 3.05) is 20.6 Å². The minimum Gasteiger partial charge on any atom is -0.457 e. The summed E-state index contributed by atoms with van der Waals surface area (Å²) in [5.74, 6) is -0.613. The lowest BCUT2D eigenvalue weighted by Gasteiger charge is -2.09. The molecule has 0 radical (unpaired) electrons. The van der Waals surface area contributed by atoms with Gasteiger partial charge in [0, 0.05) is 18.9 Å². The van der Waals surface area contributed by atoms with Crippen molar-refractivity contribution >= 4 is 17.7 Å². The highest BCUT2D eigenvalue weighted by molar-refractivity contribution is 5.97. The molecule has 44 heavy (non-hydrogen) atoms. The van der Waals surface area contributed by atoms with Gasteiger partial charge >= 0.3 is 11.9 Å². The zero-order valence-electron chi connectivity index (χ0n) is 28.9. The number of Topliss-reactive ketones (excluding diaryl/α,β-unsaturated/α-hetero) is 1. The van der Waals surface area contributed by atoms with Crippen LogP contribution in [-0.2, 0) is 20.9 Å². The largest absolute Gasteiger partial charge is 0.457 e. The van der Waals surface area contributed by atoms with Gasteiger partial charge in [-0.3, -0.25) is 19.3 Å². The average molecular weight is 620 g/mol. The van der Waals surface area contributed by atoms with Crippen LogP contribution in [0.25, 0.3) is 0 Å². The van der Waals surface area contributed by atoms with Crippen molar-refractivity contribution in [1.29, 1.82) is 0 Å². The van der Waals surface area contributed by atoms with E-state index in [9.17, 15) is 14.4 Å². The number of carbonyl (C=O) groups excluding carboxylic acids is 3. The lowest BCUT2D eigenvalue weighted by atomic mass is 10.0. The third-order valence-electron chi connectivity index (χ3n) is 8.10. The second-order valence-electron chi connectivity index (χ2n) is 12.8. The summed E-state index contributed by atoms with van der Waals surface area (Å²) in [5.41, 5.74) is 0.340. The number of unbranched alkanes of at least 4 members (excludes halogenated alkanes) is 20. The fourth-order valence-corrected chi connectivity index (χ4v) is 5.43. The first-order chi connectivity index (χ1) is 21.4. The van der Waals surface area contributed by atoms with Crippen molar-refractivity contribution in [3.8, 4) is 5.95 Å². The molecular weight excluding hydrogens is 554 g/mol. The number of ketones is 1. The number of likely N-dealkylation sites (N-methyl/N-ethyl adjacent to an activating group) is 1. The van der Waals surface area contributed by atoms with E-state index in [2.05, 4.69) is 13.8 Å². The topological polar surface area (TPSA) is 86.1 Å². The van der Waals surface area contributed by atoms with Gasteiger partial charge in [0.05, 0.1) is 12.1 Å². The van der Waals surface area contributed by atoms with Crippen molar-refractivity contribution < 1.29 is 28.3 Å². The summed E-state index contributed by atoms with van der Waals surface area (Å²) in [6.07, 6.45) is 27.4. The predicted octanol–water partition coefficient (Wildman–Crippen LogP) is 10.4. The molecule has 1 aromatic rings. The maximum absolute atomic E-state index is 13.1. The summed E-state index contributed by atoms with van der Waals surface area (Å²) in [7, 11) is 3.56. The molecule has 0 saturated heterocycles. The molecule has 0 aliphatic rings. The Morgan fingerprint density at radius 1 is 0.614 bits per heavy atom. The Balaban J connectivity index is 2.44. The van der Waals surface area contributed by atoms with Crippen LogP contribution in [0.1, 0.15) is 184 Å². The van der Waals surface area contributed by atoms with E-state index in [4.69, 9.17) is 13.9 Å². The molecule has 0 unspecified atom stereocenters. The van der Waals surface area contributed by atoms with Crippen LogP contribution in [0.4, 0.5) is 0 Å². The number of esters is 2. The molecule has 0 aliphatic heterocycles. The van der Waals surface area contributed by atoms with Gasteiger partial charge in [0.15, 0.2) is 11.5 Å². The Morgan fingerprint density at radius 2 is 1.05 bits per heavy atom. The molecule has 0 N–H and O–H groups in total. The summed E-state index contributed by atoms with van der Waals surface area (Å²) >= 11 is 0. The Morgan fingerprint density at radius 3 is 1.50 bits per heavy atom. The standard InChI is InChI=1S/C37H65NO6/c1-5-7-9-11-13-15-17-19-21-23-25-27-33(39)32-29-37(43-34(32)31-42-36(41)30-38(3)4)44-35(40)28-26-24-22-20-18-16-14-12-10-8-6-2/h29H,5-28,30-31H2,1-4H3. The number of nitrogens with zero attached hydrogens (tertiary/aromatic N) is 1. The maximum Gasteiger partial charge on any atom is 0.320 e. The highest BCUT2D eigenvalue weighted by atomic mass is 16.6. The van der Waals surface area contributed by atoms with Crippen LogP contribution in [0.3, 0.4) is 0 Å². The third-order valence-corrected chi connectivity index (χ3v) is 8.10. The Hall–Kier alpha value is -2.15. The molecule has 7 nitrogen and oxygen atoms in total. The number of hydrogen-bond donors (Lipinski definition) is 0. The Kier molecular flexibility index (Phi) is 24.6. The molecule has 0 fully saturated rings. The van der Waals surface area contributed by atoms with Crippen LogP contribution in [0.2, 0.25) is 0 Å². The Labute approximate surface area is 269 Å². The minimum absolute atomic E-state index is 0.000909. The van der Waals surface area contributed by atoms with Gasteiger partial charge in [-0.15, -0.1) is 0 Å². The molecule has 0 atom stereocenters. The van der Waals surface area contributed by atoms with Crippen LogP contribution < -0.4 is 4.74 Å². The summed E-state index contributed by atoms with van der Waals surface area (Å²) in [6.45, 7) is 4.45. The van der Waals surface area contributed by atoms with Crippen LogP contribution >= 0.6 is 0 Å². The number of hydrogen-bond acceptors (Lipinski definition) is 7. The molecule has 1 rings (SSSR count). The zero-order valence-corrected chi connectivity index (χ0v) is 28.9. The molecular formula is C37H65NO6. The van der Waals surface area contributed by atoms with E-state index in [1.165, 1.54) is 109 Å². The van der Waals surface area contributed by atoms with E-state index in [0.717, 1.165) is 38.5 Å². The maximum atomic E-state index is 13.1. The van der Waals surface area contributed by atoms with Gasteiger partial charge in [-0.2, -0.15) is 0 Å². The van der Waals surface area contributed by atoms with Crippen molar-refractivity contribution in [2.24, 2.45) is 0 Å². The van der Waals surface area contributed by atoms with E-state index < -0.39 is 5.97 Å². The molecule has 7 heteroatoms. The average Bonchev–Trinajstić information content (AvgIpc) is 3.39. The smallest absolute Gasteiger partial charge is 0.320 e.